The van der Waals surface area contributed by atoms with Gasteiger partial charge in [-0.25, -0.2) is 15.0 Å². The number of carbonyl (C=O) groups is 2. The van der Waals surface area contributed by atoms with E-state index in [0.717, 1.165) is 10.9 Å². The molecule has 0 saturated heterocycles. The minimum absolute atomic E-state index is 0.157. The van der Waals surface area contributed by atoms with Crippen LogP contribution < -0.4 is 20.6 Å². The monoisotopic (exact) mass is 411 g/mol. The topological polar surface area (TPSA) is 96.8 Å². The Kier molecular flexibility index (Phi) is 4.72. The zero-order valence-corrected chi connectivity index (χ0v) is 16.4. The van der Waals surface area contributed by atoms with Crippen molar-refractivity contribution in [3.63, 3.8) is 0 Å². The van der Waals surface area contributed by atoms with Crippen LogP contribution in [-0.4, -0.2) is 33.3 Å². The highest BCUT2D eigenvalue weighted by atomic mass is 16.5. The van der Waals surface area contributed by atoms with Crippen LogP contribution in [0.5, 0.6) is 5.75 Å². The first-order valence-electron chi connectivity index (χ1n) is 9.70. The molecule has 2 bridgehead atoms. The second-order valence-electron chi connectivity index (χ2n) is 6.92. The second kappa shape index (κ2) is 7.83. The predicted molar refractivity (Wildman–Crippen MR) is 113 cm³/mol. The molecule has 0 saturated carbocycles. The van der Waals surface area contributed by atoms with Crippen molar-refractivity contribution in [1.29, 1.82) is 0 Å². The zero-order valence-electron chi connectivity index (χ0n) is 16.4. The van der Waals surface area contributed by atoms with Gasteiger partial charge in [-0.3, -0.25) is 14.5 Å². The molecule has 31 heavy (non-hydrogen) atoms. The molecule has 8 heteroatoms. The van der Waals surface area contributed by atoms with Gasteiger partial charge in [-0.05, 0) is 36.4 Å². The molecular formula is C23H17N5O3. The molecule has 2 aromatic carbocycles. The second-order valence-corrected chi connectivity index (χ2v) is 6.92. The Morgan fingerprint density at radius 3 is 2.90 bits per heavy atom. The van der Waals surface area contributed by atoms with Crippen molar-refractivity contribution in [3.05, 3.63) is 83.4 Å². The molecule has 5 rings (SSSR count). The number of ether oxygens (including phenoxy) is 1. The number of para-hydroxylation sites is 1. The summed E-state index contributed by atoms with van der Waals surface area (Å²) in [5.41, 5.74) is 1.01. The number of fused-ring (bicyclic) bond motifs is 3. The van der Waals surface area contributed by atoms with E-state index in [1.165, 1.54) is 17.4 Å². The van der Waals surface area contributed by atoms with Crippen molar-refractivity contribution >= 4 is 34.7 Å². The number of hydrogen-bond donors (Lipinski definition) is 1. The Labute approximate surface area is 176 Å². The van der Waals surface area contributed by atoms with Gasteiger partial charge in [-0.1, -0.05) is 18.2 Å². The van der Waals surface area contributed by atoms with Crippen molar-refractivity contribution in [3.8, 4) is 5.75 Å². The fourth-order valence-electron chi connectivity index (χ4n) is 3.41. The highest BCUT2D eigenvalue weighted by Crippen LogP contribution is 2.26. The van der Waals surface area contributed by atoms with Crippen LogP contribution in [0.3, 0.4) is 0 Å². The minimum Gasteiger partial charge on any atom is -0.489 e. The maximum Gasteiger partial charge on any atom is 0.271 e. The van der Waals surface area contributed by atoms with Gasteiger partial charge in [-0.15, -0.1) is 0 Å². The van der Waals surface area contributed by atoms with E-state index in [9.17, 15) is 9.59 Å². The molecule has 3 aromatic rings. The zero-order chi connectivity index (χ0) is 21.2. The number of aromatic nitrogens is 2. The highest BCUT2D eigenvalue weighted by Gasteiger charge is 2.26. The molecule has 0 aliphatic carbocycles. The Balaban J connectivity index is 1.75. The number of amides is 2. The van der Waals surface area contributed by atoms with E-state index in [1.807, 2.05) is 42.5 Å². The molecule has 152 valence electrons. The number of nitrogens with zero attached hydrogens (tertiary/aromatic N) is 4. The molecule has 2 aliphatic rings. The molecule has 3 heterocycles. The lowest BCUT2D eigenvalue weighted by molar-refractivity contribution is -0.127. The molecule has 0 radical (unpaired) electrons. The number of rotatable bonds is 0. The van der Waals surface area contributed by atoms with E-state index in [2.05, 4.69) is 15.3 Å². The molecule has 1 aromatic heterocycles. The lowest BCUT2D eigenvalue weighted by Crippen LogP contribution is -2.34. The largest absolute Gasteiger partial charge is 0.489 e. The van der Waals surface area contributed by atoms with Crippen LogP contribution in [0.15, 0.2) is 77.8 Å². The van der Waals surface area contributed by atoms with Gasteiger partial charge < -0.3 is 10.1 Å². The summed E-state index contributed by atoms with van der Waals surface area (Å²) < 4.78 is 5.76. The summed E-state index contributed by atoms with van der Waals surface area (Å²) >= 11 is 0. The Morgan fingerprint density at radius 2 is 1.97 bits per heavy atom. The van der Waals surface area contributed by atoms with Crippen molar-refractivity contribution in [1.82, 2.24) is 20.2 Å². The average molecular weight is 411 g/mol. The normalized spacial score (nSPS) is 18.1. The van der Waals surface area contributed by atoms with Gasteiger partial charge in [0.25, 0.3) is 5.91 Å². The summed E-state index contributed by atoms with van der Waals surface area (Å²) in [5.74, 6) is 0.557. The fraction of sp³-hybridized carbons (Fsp3) is 0.0870. The quantitative estimate of drug-likeness (QED) is 0.604. The van der Waals surface area contributed by atoms with Crippen LogP contribution in [0.25, 0.3) is 17.1 Å². The summed E-state index contributed by atoms with van der Waals surface area (Å²) in [5, 5.41) is 4.72. The SMILES string of the molecule is O=C1N/C=C\COc2ccc3ncnc(c3c2)N=c2cccc/c2=C/N2C(=O)CC=C12. The number of hydrogen-bond acceptors (Lipinski definition) is 6. The Bertz CT molecular complexity index is 1390. The molecule has 2 amide bonds. The number of nitrogens with one attached hydrogen (secondary N) is 1. The van der Waals surface area contributed by atoms with Crippen molar-refractivity contribution in [2.45, 2.75) is 6.42 Å². The van der Waals surface area contributed by atoms with Gasteiger partial charge in [0.2, 0.25) is 5.91 Å². The third-order valence-electron chi connectivity index (χ3n) is 4.93. The first kappa shape index (κ1) is 18.7. The summed E-state index contributed by atoms with van der Waals surface area (Å²) in [6.07, 6.45) is 8.05. The molecule has 0 fully saturated rings. The lowest BCUT2D eigenvalue weighted by atomic mass is 10.2. The summed E-state index contributed by atoms with van der Waals surface area (Å²) in [7, 11) is 0. The van der Waals surface area contributed by atoms with Gasteiger partial charge in [0, 0.05) is 29.4 Å². The maximum absolute atomic E-state index is 12.6. The van der Waals surface area contributed by atoms with Gasteiger partial charge in [0.05, 0.1) is 10.9 Å². The van der Waals surface area contributed by atoms with Crippen LogP contribution in [0, 0.1) is 0 Å². The Hall–Kier alpha value is -4.33. The fourth-order valence-corrected chi connectivity index (χ4v) is 3.41. The number of benzene rings is 2. The van der Waals surface area contributed by atoms with Gasteiger partial charge in [0.15, 0.2) is 5.82 Å². The first-order valence-corrected chi connectivity index (χ1v) is 9.70. The van der Waals surface area contributed by atoms with E-state index in [0.29, 0.717) is 22.1 Å². The molecule has 0 unspecified atom stereocenters. The third kappa shape index (κ3) is 3.66. The van der Waals surface area contributed by atoms with Gasteiger partial charge in [0.1, 0.15) is 24.4 Å². The van der Waals surface area contributed by atoms with Crippen LogP contribution in [0.4, 0.5) is 5.82 Å². The van der Waals surface area contributed by atoms with E-state index in [-0.39, 0.29) is 30.5 Å². The summed E-state index contributed by atoms with van der Waals surface area (Å²) in [6, 6.07) is 12.9. The van der Waals surface area contributed by atoms with E-state index in [4.69, 9.17) is 9.73 Å². The number of carbonyl (C=O) groups excluding carboxylic acids is 2. The molecule has 2 aliphatic heterocycles. The van der Waals surface area contributed by atoms with Gasteiger partial charge in [-0.2, -0.15) is 0 Å². The summed E-state index contributed by atoms with van der Waals surface area (Å²) in [6.45, 7) is 0.253. The van der Waals surface area contributed by atoms with Crippen molar-refractivity contribution < 1.29 is 14.3 Å². The van der Waals surface area contributed by atoms with Crippen LogP contribution >= 0.6 is 0 Å². The Morgan fingerprint density at radius 1 is 1.06 bits per heavy atom. The standard InChI is InChI=1S/C23H17N5O3/c29-21-9-8-20-23(30)24-10-3-11-31-16-6-7-19-17(12-16)22(26-14-25-19)27-18-5-2-1-4-15(18)13-28(20)21/h1-8,10,12-14H,9,11H2,(H,24,30)/b10-3-,15-13-,27-18?. The molecule has 0 atom stereocenters. The van der Waals surface area contributed by atoms with Crippen LogP contribution in [-0.2, 0) is 9.59 Å². The van der Waals surface area contributed by atoms with Crippen molar-refractivity contribution in [2.24, 2.45) is 4.99 Å². The highest BCUT2D eigenvalue weighted by molar-refractivity contribution is 6.03. The van der Waals surface area contributed by atoms with E-state index >= 15 is 0 Å². The average Bonchev–Trinajstić information content (AvgIpc) is 3.14. The van der Waals surface area contributed by atoms with E-state index in [1.54, 1.807) is 18.4 Å². The lowest BCUT2D eigenvalue weighted by Gasteiger charge is -2.14. The van der Waals surface area contributed by atoms with Crippen molar-refractivity contribution in [2.75, 3.05) is 6.61 Å². The summed E-state index contributed by atoms with van der Waals surface area (Å²) in [4.78, 5) is 39.8. The predicted octanol–water partition coefficient (Wildman–Crippen LogP) is 1.46. The molecule has 0 spiro atoms. The third-order valence-corrected chi connectivity index (χ3v) is 4.93. The minimum atomic E-state index is -0.376. The molecule has 1 N–H and O–H groups in total. The van der Waals surface area contributed by atoms with Gasteiger partial charge >= 0.3 is 0 Å². The molecular weight excluding hydrogens is 394 g/mol. The van der Waals surface area contributed by atoms with E-state index < -0.39 is 0 Å². The molecule has 8 nitrogen and oxygen atoms in total. The first-order chi connectivity index (χ1) is 15.2. The van der Waals surface area contributed by atoms with Crippen LogP contribution in [0.1, 0.15) is 6.42 Å². The smallest absolute Gasteiger partial charge is 0.271 e. The van der Waals surface area contributed by atoms with Crippen LogP contribution in [0.2, 0.25) is 0 Å². The maximum atomic E-state index is 12.6.